The summed E-state index contributed by atoms with van der Waals surface area (Å²) < 4.78 is 10.8. The van der Waals surface area contributed by atoms with Crippen LogP contribution in [0.4, 0.5) is 11.4 Å². The Labute approximate surface area is 186 Å². The summed E-state index contributed by atoms with van der Waals surface area (Å²) in [6, 6.07) is 15.4. The van der Waals surface area contributed by atoms with Crippen LogP contribution in [0, 0.1) is 0 Å². The number of carbonyl (C=O) groups excluding carboxylic acids is 1. The molecule has 7 nitrogen and oxygen atoms in total. The molecule has 0 aliphatic carbocycles. The van der Waals surface area contributed by atoms with Crippen LogP contribution in [-0.2, 0) is 4.79 Å². The lowest BCUT2D eigenvalue weighted by molar-refractivity contribution is -0.113. The first-order valence-corrected chi connectivity index (χ1v) is 11.5. The van der Waals surface area contributed by atoms with Crippen LogP contribution >= 0.6 is 11.8 Å². The third-order valence-corrected chi connectivity index (χ3v) is 6.01. The second-order valence-corrected chi connectivity index (χ2v) is 8.31. The number of methoxy groups -OCH3 is 1. The smallest absolute Gasteiger partial charge is 0.277 e. The highest BCUT2D eigenvalue weighted by molar-refractivity contribution is 7.99. The van der Waals surface area contributed by atoms with Crippen LogP contribution in [0.3, 0.4) is 0 Å². The number of ether oxygens (including phenoxy) is 1. The lowest BCUT2D eigenvalue weighted by Crippen LogP contribution is -2.23. The standard InChI is InChI=1S/C23H26N4O3S/c1-29-20-12-6-17(7-13-20)22-25-26-23(30-22)31-16-21(28)24-18-8-10-19(11-9-18)27-14-4-2-3-5-15-27/h6-13H,2-5,14-16H2,1H3,(H,24,28). The van der Waals surface area contributed by atoms with E-state index in [1.54, 1.807) is 7.11 Å². The van der Waals surface area contributed by atoms with Gasteiger partial charge in [-0.2, -0.15) is 0 Å². The first-order valence-electron chi connectivity index (χ1n) is 10.5. The van der Waals surface area contributed by atoms with Crippen molar-refractivity contribution < 1.29 is 13.9 Å². The molecule has 1 aromatic heterocycles. The molecule has 1 aliphatic rings. The molecule has 1 fully saturated rings. The van der Waals surface area contributed by atoms with Crippen LogP contribution in [0.1, 0.15) is 25.7 Å². The molecule has 0 spiro atoms. The number of rotatable bonds is 7. The highest BCUT2D eigenvalue weighted by atomic mass is 32.2. The molecule has 162 valence electrons. The van der Waals surface area contributed by atoms with Crippen molar-refractivity contribution in [2.45, 2.75) is 30.9 Å². The molecule has 0 bridgehead atoms. The van der Waals surface area contributed by atoms with Crippen molar-refractivity contribution in [1.29, 1.82) is 0 Å². The maximum absolute atomic E-state index is 12.3. The summed E-state index contributed by atoms with van der Waals surface area (Å²) >= 11 is 1.21. The van der Waals surface area contributed by atoms with Gasteiger partial charge in [-0.25, -0.2) is 0 Å². The predicted molar refractivity (Wildman–Crippen MR) is 123 cm³/mol. The van der Waals surface area contributed by atoms with Crippen LogP contribution in [0.15, 0.2) is 58.2 Å². The van der Waals surface area contributed by atoms with Crippen LogP contribution < -0.4 is 15.0 Å². The van der Waals surface area contributed by atoms with E-state index >= 15 is 0 Å². The summed E-state index contributed by atoms with van der Waals surface area (Å²) in [4.78, 5) is 14.7. The fraction of sp³-hybridized carbons (Fsp3) is 0.348. The Bertz CT molecular complexity index is 981. The molecule has 1 N–H and O–H groups in total. The van der Waals surface area contributed by atoms with E-state index in [0.29, 0.717) is 11.1 Å². The molecule has 3 aromatic rings. The van der Waals surface area contributed by atoms with Gasteiger partial charge in [0.25, 0.3) is 5.22 Å². The maximum Gasteiger partial charge on any atom is 0.277 e. The fourth-order valence-corrected chi connectivity index (χ4v) is 4.09. The topological polar surface area (TPSA) is 80.5 Å². The number of hydrogen-bond donors (Lipinski definition) is 1. The van der Waals surface area contributed by atoms with Crippen LogP contribution in [-0.4, -0.2) is 42.1 Å². The Morgan fingerprint density at radius 2 is 1.74 bits per heavy atom. The maximum atomic E-state index is 12.3. The van der Waals surface area contributed by atoms with Gasteiger partial charge >= 0.3 is 0 Å². The number of carbonyl (C=O) groups is 1. The van der Waals surface area contributed by atoms with E-state index in [9.17, 15) is 4.79 Å². The number of hydrogen-bond acceptors (Lipinski definition) is 7. The van der Waals surface area contributed by atoms with Crippen LogP contribution in [0.25, 0.3) is 11.5 Å². The van der Waals surface area contributed by atoms with Gasteiger partial charge in [-0.1, -0.05) is 24.6 Å². The Morgan fingerprint density at radius 3 is 2.42 bits per heavy atom. The molecule has 2 heterocycles. The number of amides is 1. The zero-order chi connectivity index (χ0) is 21.5. The van der Waals surface area contributed by atoms with Gasteiger partial charge in [0.1, 0.15) is 5.75 Å². The molecular formula is C23H26N4O3S. The van der Waals surface area contributed by atoms with Gasteiger partial charge in [0.15, 0.2) is 0 Å². The normalized spacial score (nSPS) is 14.2. The summed E-state index contributed by atoms with van der Waals surface area (Å²) in [7, 11) is 1.62. The van der Waals surface area contributed by atoms with Crippen LogP contribution in [0.2, 0.25) is 0 Å². The molecule has 1 aliphatic heterocycles. The molecule has 8 heteroatoms. The van der Waals surface area contributed by atoms with Crippen molar-refractivity contribution in [2.75, 3.05) is 36.2 Å². The van der Waals surface area contributed by atoms with E-state index in [0.717, 1.165) is 30.1 Å². The van der Waals surface area contributed by atoms with Crippen molar-refractivity contribution in [1.82, 2.24) is 10.2 Å². The average Bonchev–Trinajstić information content (AvgIpc) is 3.12. The SMILES string of the molecule is COc1ccc(-c2nnc(SCC(=O)Nc3ccc(N4CCCCCC4)cc3)o2)cc1. The third kappa shape index (κ3) is 5.79. The van der Waals surface area contributed by atoms with Crippen LogP contribution in [0.5, 0.6) is 5.75 Å². The minimum atomic E-state index is -0.114. The number of nitrogens with one attached hydrogen (secondary N) is 1. The second kappa shape index (κ2) is 10.3. The van der Waals surface area contributed by atoms with Gasteiger partial charge in [0.05, 0.1) is 12.9 Å². The fourth-order valence-electron chi connectivity index (χ4n) is 3.53. The Morgan fingerprint density at radius 1 is 1.03 bits per heavy atom. The van der Waals surface area contributed by atoms with Crippen molar-refractivity contribution in [3.8, 4) is 17.2 Å². The van der Waals surface area contributed by atoms with Crippen molar-refractivity contribution in [3.05, 3.63) is 48.5 Å². The molecule has 0 atom stereocenters. The first-order chi connectivity index (χ1) is 15.2. The summed E-state index contributed by atoms with van der Waals surface area (Å²) in [6.45, 7) is 2.20. The van der Waals surface area contributed by atoms with E-state index in [-0.39, 0.29) is 11.7 Å². The van der Waals surface area contributed by atoms with E-state index in [4.69, 9.17) is 9.15 Å². The summed E-state index contributed by atoms with van der Waals surface area (Å²) in [5.41, 5.74) is 2.80. The Kier molecular flexibility index (Phi) is 7.09. The molecule has 0 saturated carbocycles. The molecule has 31 heavy (non-hydrogen) atoms. The monoisotopic (exact) mass is 438 g/mol. The molecule has 2 aromatic carbocycles. The van der Waals surface area contributed by atoms with Gasteiger partial charge in [-0.05, 0) is 61.4 Å². The predicted octanol–water partition coefficient (Wildman–Crippen LogP) is 4.86. The van der Waals surface area contributed by atoms with Gasteiger partial charge < -0.3 is 19.4 Å². The average molecular weight is 439 g/mol. The quantitative estimate of drug-likeness (QED) is 0.528. The lowest BCUT2D eigenvalue weighted by Gasteiger charge is -2.22. The minimum Gasteiger partial charge on any atom is -0.497 e. The highest BCUT2D eigenvalue weighted by Crippen LogP contribution is 2.25. The number of aromatic nitrogens is 2. The molecular weight excluding hydrogens is 412 g/mol. The van der Waals surface area contributed by atoms with E-state index in [1.807, 2.05) is 36.4 Å². The second-order valence-electron chi connectivity index (χ2n) is 7.39. The minimum absolute atomic E-state index is 0.114. The van der Waals surface area contributed by atoms with Crippen molar-refractivity contribution in [3.63, 3.8) is 0 Å². The number of nitrogens with zero attached hydrogens (tertiary/aromatic N) is 3. The summed E-state index contributed by atoms with van der Waals surface area (Å²) in [5, 5.41) is 11.3. The Hall–Kier alpha value is -3.00. The van der Waals surface area contributed by atoms with E-state index < -0.39 is 0 Å². The zero-order valence-electron chi connectivity index (χ0n) is 17.5. The van der Waals surface area contributed by atoms with Gasteiger partial charge in [0.2, 0.25) is 11.8 Å². The molecule has 0 radical (unpaired) electrons. The summed E-state index contributed by atoms with van der Waals surface area (Å²) in [5.74, 6) is 1.25. The number of benzene rings is 2. The highest BCUT2D eigenvalue weighted by Gasteiger charge is 2.13. The molecule has 4 rings (SSSR count). The van der Waals surface area contributed by atoms with Gasteiger partial charge in [-0.15, -0.1) is 10.2 Å². The van der Waals surface area contributed by atoms with Gasteiger partial charge in [0, 0.05) is 30.0 Å². The Balaban J connectivity index is 1.27. The molecule has 1 amide bonds. The first kappa shape index (κ1) is 21.2. The number of thioether (sulfide) groups is 1. The number of anilines is 2. The van der Waals surface area contributed by atoms with Crippen molar-refractivity contribution in [2.24, 2.45) is 0 Å². The third-order valence-electron chi connectivity index (χ3n) is 5.19. The largest absolute Gasteiger partial charge is 0.497 e. The van der Waals surface area contributed by atoms with E-state index in [1.165, 1.54) is 43.1 Å². The van der Waals surface area contributed by atoms with Crippen molar-refractivity contribution >= 4 is 29.0 Å². The lowest BCUT2D eigenvalue weighted by atomic mass is 10.2. The summed E-state index contributed by atoms with van der Waals surface area (Å²) in [6.07, 6.45) is 5.10. The molecule has 1 saturated heterocycles. The van der Waals surface area contributed by atoms with E-state index in [2.05, 4.69) is 32.5 Å². The molecule has 0 unspecified atom stereocenters. The van der Waals surface area contributed by atoms with Gasteiger partial charge in [-0.3, -0.25) is 4.79 Å². The zero-order valence-corrected chi connectivity index (χ0v) is 18.4.